The van der Waals surface area contributed by atoms with Gasteiger partial charge >= 0.3 is 6.09 Å². The van der Waals surface area contributed by atoms with Gasteiger partial charge in [0.15, 0.2) is 0 Å². The van der Waals surface area contributed by atoms with E-state index in [-0.39, 0.29) is 0 Å². The molecule has 5 nitrogen and oxygen atoms in total. The van der Waals surface area contributed by atoms with Crippen molar-refractivity contribution in [1.29, 1.82) is 0 Å². The summed E-state index contributed by atoms with van der Waals surface area (Å²) in [5.41, 5.74) is -1.44. The topological polar surface area (TPSA) is 89.8 Å². The van der Waals surface area contributed by atoms with E-state index in [9.17, 15) is 9.90 Å². The maximum Gasteiger partial charge on any atom is 0.405 e. The summed E-state index contributed by atoms with van der Waals surface area (Å²) in [6.07, 6.45) is -0.125. The molecule has 12 heavy (non-hydrogen) atoms. The Balaban J connectivity index is 4.33. The molecular formula is C7H13NO4. The fraction of sp³-hybridized carbons (Fsp3) is 0.571. The van der Waals surface area contributed by atoms with Gasteiger partial charge in [-0.05, 0) is 6.92 Å². The molecule has 0 rings (SSSR count). The number of rotatable bonds is 4. The lowest BCUT2D eigenvalue weighted by Crippen LogP contribution is -2.51. The molecule has 0 aromatic carbocycles. The summed E-state index contributed by atoms with van der Waals surface area (Å²) in [7, 11) is 0. The predicted octanol–water partition coefficient (Wildman–Crippen LogP) is -0.448. The monoisotopic (exact) mass is 175 g/mol. The third-order valence-electron chi connectivity index (χ3n) is 1.60. The highest BCUT2D eigenvalue weighted by atomic mass is 16.4. The number of aliphatic hydroxyl groups is 2. The molecule has 1 amide bonds. The quantitative estimate of drug-likeness (QED) is 0.436. The zero-order valence-corrected chi connectivity index (χ0v) is 6.82. The van der Waals surface area contributed by atoms with Crippen molar-refractivity contribution in [3.8, 4) is 0 Å². The van der Waals surface area contributed by atoms with Crippen LogP contribution in [-0.2, 0) is 0 Å². The first-order valence-corrected chi connectivity index (χ1v) is 3.40. The van der Waals surface area contributed by atoms with Gasteiger partial charge in [-0.2, -0.15) is 0 Å². The van der Waals surface area contributed by atoms with Crippen molar-refractivity contribution < 1.29 is 20.1 Å². The third-order valence-corrected chi connectivity index (χ3v) is 1.60. The Kier molecular flexibility index (Phi) is 3.72. The first-order valence-electron chi connectivity index (χ1n) is 3.40. The SMILES string of the molecule is C=CC(C)(O)C(CO)NC(=O)O. The van der Waals surface area contributed by atoms with E-state index in [1.165, 1.54) is 13.0 Å². The van der Waals surface area contributed by atoms with Crippen molar-refractivity contribution in [3.05, 3.63) is 12.7 Å². The average molecular weight is 175 g/mol. The van der Waals surface area contributed by atoms with Gasteiger partial charge < -0.3 is 20.6 Å². The Morgan fingerprint density at radius 2 is 2.33 bits per heavy atom. The van der Waals surface area contributed by atoms with E-state index in [2.05, 4.69) is 6.58 Å². The molecule has 0 aliphatic rings. The Morgan fingerprint density at radius 3 is 2.58 bits per heavy atom. The van der Waals surface area contributed by atoms with Crippen LogP contribution < -0.4 is 5.32 Å². The smallest absolute Gasteiger partial charge is 0.405 e. The predicted molar refractivity (Wildman–Crippen MR) is 42.9 cm³/mol. The summed E-state index contributed by atoms with van der Waals surface area (Å²) in [6, 6.07) is -0.951. The maximum atomic E-state index is 10.2. The fourth-order valence-corrected chi connectivity index (χ4v) is 0.668. The number of carbonyl (C=O) groups is 1. The first kappa shape index (κ1) is 10.9. The second kappa shape index (κ2) is 4.08. The molecule has 5 heteroatoms. The van der Waals surface area contributed by atoms with Gasteiger partial charge in [0.1, 0.15) is 5.60 Å². The second-order valence-corrected chi connectivity index (χ2v) is 2.61. The van der Waals surface area contributed by atoms with E-state index < -0.39 is 24.3 Å². The van der Waals surface area contributed by atoms with Crippen LogP contribution >= 0.6 is 0 Å². The highest BCUT2D eigenvalue weighted by Gasteiger charge is 2.29. The van der Waals surface area contributed by atoms with Crippen LogP contribution in [-0.4, -0.2) is 39.7 Å². The lowest BCUT2D eigenvalue weighted by molar-refractivity contribution is 0.0401. The summed E-state index contributed by atoms with van der Waals surface area (Å²) in [5.74, 6) is 0. The maximum absolute atomic E-state index is 10.2. The zero-order chi connectivity index (χ0) is 9.78. The molecule has 0 aliphatic carbocycles. The van der Waals surface area contributed by atoms with E-state index in [4.69, 9.17) is 10.2 Å². The molecule has 0 fully saturated rings. The van der Waals surface area contributed by atoms with Crippen LogP contribution in [0.3, 0.4) is 0 Å². The molecule has 0 aromatic rings. The molecule has 70 valence electrons. The number of amides is 1. The fourth-order valence-electron chi connectivity index (χ4n) is 0.668. The summed E-state index contributed by atoms with van der Waals surface area (Å²) >= 11 is 0. The molecule has 0 saturated heterocycles. The molecule has 0 bridgehead atoms. The van der Waals surface area contributed by atoms with E-state index in [0.29, 0.717) is 0 Å². The Labute approximate surface area is 70.3 Å². The first-order chi connectivity index (χ1) is 5.44. The van der Waals surface area contributed by atoms with Gasteiger partial charge in [-0.1, -0.05) is 6.08 Å². The van der Waals surface area contributed by atoms with Gasteiger partial charge in [-0.25, -0.2) is 4.79 Å². The summed E-state index contributed by atoms with van der Waals surface area (Å²) < 4.78 is 0. The molecule has 0 aromatic heterocycles. The van der Waals surface area contributed by atoms with Gasteiger partial charge in [-0.3, -0.25) is 0 Å². The standard InChI is InChI=1S/C7H13NO4/c1-3-7(2,12)5(4-9)8-6(10)11/h3,5,8-9,12H,1,4H2,2H3,(H,10,11). The number of aliphatic hydroxyl groups excluding tert-OH is 1. The molecule has 2 atom stereocenters. The molecular weight excluding hydrogens is 162 g/mol. The highest BCUT2D eigenvalue weighted by Crippen LogP contribution is 2.10. The van der Waals surface area contributed by atoms with Gasteiger partial charge in [0.2, 0.25) is 0 Å². The van der Waals surface area contributed by atoms with Crippen LogP contribution in [0.5, 0.6) is 0 Å². The number of carboxylic acid groups (broad SMARTS) is 1. The van der Waals surface area contributed by atoms with Crippen molar-refractivity contribution in [2.75, 3.05) is 6.61 Å². The van der Waals surface area contributed by atoms with Crippen LogP contribution in [0.2, 0.25) is 0 Å². The number of hydrogen-bond acceptors (Lipinski definition) is 3. The van der Waals surface area contributed by atoms with Crippen molar-refractivity contribution >= 4 is 6.09 Å². The lowest BCUT2D eigenvalue weighted by atomic mass is 9.97. The van der Waals surface area contributed by atoms with Crippen molar-refractivity contribution in [3.63, 3.8) is 0 Å². The Hall–Kier alpha value is -1.07. The van der Waals surface area contributed by atoms with Gasteiger partial charge in [0, 0.05) is 0 Å². The molecule has 0 aliphatic heterocycles. The summed E-state index contributed by atoms with van der Waals surface area (Å²) in [4.78, 5) is 10.2. The van der Waals surface area contributed by atoms with E-state index in [1.54, 1.807) is 0 Å². The minimum Gasteiger partial charge on any atom is -0.465 e. The zero-order valence-electron chi connectivity index (χ0n) is 6.82. The second-order valence-electron chi connectivity index (χ2n) is 2.61. The van der Waals surface area contributed by atoms with Crippen molar-refractivity contribution in [2.24, 2.45) is 0 Å². The molecule has 0 heterocycles. The van der Waals surface area contributed by atoms with Crippen molar-refractivity contribution in [1.82, 2.24) is 5.32 Å². The van der Waals surface area contributed by atoms with E-state index in [0.717, 1.165) is 0 Å². The molecule has 4 N–H and O–H groups in total. The van der Waals surface area contributed by atoms with Gasteiger partial charge in [0.25, 0.3) is 0 Å². The number of nitrogens with one attached hydrogen (secondary N) is 1. The normalized spacial score (nSPS) is 17.6. The van der Waals surface area contributed by atoms with Crippen LogP contribution in [0.15, 0.2) is 12.7 Å². The van der Waals surface area contributed by atoms with Crippen LogP contribution in [0, 0.1) is 0 Å². The minimum atomic E-state index is -1.44. The van der Waals surface area contributed by atoms with Crippen LogP contribution in [0.1, 0.15) is 6.92 Å². The lowest BCUT2D eigenvalue weighted by Gasteiger charge is -2.27. The van der Waals surface area contributed by atoms with Gasteiger partial charge in [-0.15, -0.1) is 6.58 Å². The Bertz CT molecular complexity index is 178. The molecule has 0 spiro atoms. The molecule has 0 saturated carbocycles. The van der Waals surface area contributed by atoms with Crippen molar-refractivity contribution in [2.45, 2.75) is 18.6 Å². The van der Waals surface area contributed by atoms with E-state index >= 15 is 0 Å². The largest absolute Gasteiger partial charge is 0.465 e. The number of hydrogen-bond donors (Lipinski definition) is 4. The van der Waals surface area contributed by atoms with Crippen LogP contribution in [0.4, 0.5) is 4.79 Å². The summed E-state index contributed by atoms with van der Waals surface area (Å²) in [6.45, 7) is 4.19. The molecule has 0 radical (unpaired) electrons. The minimum absolute atomic E-state index is 0.481. The van der Waals surface area contributed by atoms with E-state index in [1.807, 2.05) is 5.32 Å². The highest BCUT2D eigenvalue weighted by molar-refractivity contribution is 5.65. The van der Waals surface area contributed by atoms with Gasteiger partial charge in [0.05, 0.1) is 12.6 Å². The summed E-state index contributed by atoms with van der Waals surface area (Å²) in [5, 5.41) is 28.4. The third kappa shape index (κ3) is 2.89. The average Bonchev–Trinajstić information content (AvgIpc) is 1.99. The Morgan fingerprint density at radius 1 is 1.83 bits per heavy atom. The van der Waals surface area contributed by atoms with Crippen LogP contribution in [0.25, 0.3) is 0 Å². The molecule has 2 unspecified atom stereocenters.